The number of nitrogens with one attached hydrogen (secondary N) is 2. The molecule has 0 spiro atoms. The quantitative estimate of drug-likeness (QED) is 0.753. The molecule has 0 saturated carbocycles. The Bertz CT molecular complexity index is 758. The Morgan fingerprint density at radius 1 is 1.14 bits per heavy atom. The molecule has 0 aliphatic carbocycles. The smallest absolute Gasteiger partial charge is 0.322 e. The molecule has 0 aliphatic rings. The highest BCUT2D eigenvalue weighted by atomic mass is 32.1. The maximum atomic E-state index is 5.10. The number of methoxy groups -OCH3 is 1. The minimum Gasteiger partial charge on any atom is -0.467 e. The van der Waals surface area contributed by atoms with Crippen LogP contribution in [-0.2, 0) is 0 Å². The third kappa shape index (κ3) is 3.03. The molecule has 0 radical (unpaired) electrons. The molecule has 3 aromatic rings. The fourth-order valence-electron chi connectivity index (χ4n) is 1.91. The van der Waals surface area contributed by atoms with E-state index in [0.29, 0.717) is 11.9 Å². The van der Waals surface area contributed by atoms with Crippen LogP contribution in [0.4, 0.5) is 17.6 Å². The predicted octanol–water partition coefficient (Wildman–Crippen LogP) is 3.27. The summed E-state index contributed by atoms with van der Waals surface area (Å²) in [5, 5.41) is 9.50. The van der Waals surface area contributed by atoms with Crippen LogP contribution in [0.3, 0.4) is 0 Å². The molecule has 108 valence electrons. The number of thiophene rings is 1. The molecule has 2 aromatic heterocycles. The van der Waals surface area contributed by atoms with Crippen molar-refractivity contribution in [2.45, 2.75) is 6.92 Å². The van der Waals surface area contributed by atoms with Gasteiger partial charge in [-0.2, -0.15) is 15.0 Å². The second kappa shape index (κ2) is 5.92. The van der Waals surface area contributed by atoms with Gasteiger partial charge in [-0.1, -0.05) is 0 Å². The van der Waals surface area contributed by atoms with Crippen LogP contribution in [0.2, 0.25) is 0 Å². The van der Waals surface area contributed by atoms with Crippen molar-refractivity contribution in [3.63, 3.8) is 0 Å². The molecule has 1 aromatic carbocycles. The van der Waals surface area contributed by atoms with Gasteiger partial charge in [0.25, 0.3) is 0 Å². The van der Waals surface area contributed by atoms with Crippen molar-refractivity contribution >= 4 is 39.0 Å². The van der Waals surface area contributed by atoms with Gasteiger partial charge in [0.2, 0.25) is 11.9 Å². The van der Waals surface area contributed by atoms with Crippen molar-refractivity contribution in [2.75, 3.05) is 24.3 Å². The first kappa shape index (κ1) is 13.6. The van der Waals surface area contributed by atoms with Crippen molar-refractivity contribution in [1.29, 1.82) is 0 Å². The largest absolute Gasteiger partial charge is 0.467 e. The van der Waals surface area contributed by atoms with Crippen LogP contribution in [0, 0.1) is 0 Å². The van der Waals surface area contributed by atoms with Crippen LogP contribution < -0.4 is 15.4 Å². The number of aromatic nitrogens is 3. The molecule has 2 N–H and O–H groups in total. The maximum Gasteiger partial charge on any atom is 0.322 e. The van der Waals surface area contributed by atoms with Gasteiger partial charge in [0.15, 0.2) is 0 Å². The number of ether oxygens (including phenoxy) is 1. The second-order valence-electron chi connectivity index (χ2n) is 4.30. The van der Waals surface area contributed by atoms with Gasteiger partial charge < -0.3 is 15.4 Å². The van der Waals surface area contributed by atoms with E-state index in [1.165, 1.54) is 17.2 Å². The molecule has 3 rings (SSSR count). The molecule has 6 nitrogen and oxygen atoms in total. The molecule has 0 atom stereocenters. The number of hydrogen-bond acceptors (Lipinski definition) is 7. The SMILES string of the molecule is CCNc1nc(Nc2ccc3sccc3c2)nc(OC)n1. The molecule has 0 bridgehead atoms. The third-order valence-corrected chi connectivity index (χ3v) is 3.74. The second-order valence-corrected chi connectivity index (χ2v) is 5.25. The highest BCUT2D eigenvalue weighted by Gasteiger charge is 2.07. The highest BCUT2D eigenvalue weighted by Crippen LogP contribution is 2.25. The zero-order chi connectivity index (χ0) is 14.7. The van der Waals surface area contributed by atoms with Crippen LogP contribution in [-0.4, -0.2) is 28.6 Å². The standard InChI is InChI=1S/C14H15N5OS/c1-3-15-12-17-13(19-14(18-12)20-2)16-10-4-5-11-9(8-10)6-7-21-11/h4-8H,3H2,1-2H3,(H2,15,16,17,18,19). The van der Waals surface area contributed by atoms with E-state index >= 15 is 0 Å². The summed E-state index contributed by atoms with van der Waals surface area (Å²) in [6, 6.07) is 8.51. The van der Waals surface area contributed by atoms with Gasteiger partial charge in [0.1, 0.15) is 0 Å². The molecule has 0 fully saturated rings. The van der Waals surface area contributed by atoms with E-state index in [2.05, 4.69) is 49.2 Å². The van der Waals surface area contributed by atoms with Gasteiger partial charge in [-0.15, -0.1) is 11.3 Å². The van der Waals surface area contributed by atoms with Crippen LogP contribution >= 0.6 is 11.3 Å². The fraction of sp³-hybridized carbons (Fsp3) is 0.214. The fourth-order valence-corrected chi connectivity index (χ4v) is 2.69. The summed E-state index contributed by atoms with van der Waals surface area (Å²) in [5.74, 6) is 0.941. The normalized spacial score (nSPS) is 10.6. The Labute approximate surface area is 126 Å². The van der Waals surface area contributed by atoms with Crippen molar-refractivity contribution in [1.82, 2.24) is 15.0 Å². The molecule has 0 amide bonds. The average molecular weight is 301 g/mol. The molecule has 0 unspecified atom stereocenters. The first-order valence-corrected chi connectivity index (χ1v) is 7.44. The Balaban J connectivity index is 1.90. The van der Waals surface area contributed by atoms with E-state index in [9.17, 15) is 0 Å². The summed E-state index contributed by atoms with van der Waals surface area (Å²) in [6.45, 7) is 2.71. The van der Waals surface area contributed by atoms with Gasteiger partial charge in [0, 0.05) is 16.9 Å². The summed E-state index contributed by atoms with van der Waals surface area (Å²) in [4.78, 5) is 12.6. The number of anilines is 3. The lowest BCUT2D eigenvalue weighted by molar-refractivity contribution is 0.379. The maximum absolute atomic E-state index is 5.10. The number of fused-ring (bicyclic) bond motifs is 1. The van der Waals surface area contributed by atoms with Crippen molar-refractivity contribution in [3.05, 3.63) is 29.6 Å². The lowest BCUT2D eigenvalue weighted by atomic mass is 10.2. The lowest BCUT2D eigenvalue weighted by Crippen LogP contribution is -2.07. The zero-order valence-electron chi connectivity index (χ0n) is 11.8. The van der Waals surface area contributed by atoms with E-state index in [1.54, 1.807) is 11.3 Å². The molecule has 0 aliphatic heterocycles. The third-order valence-electron chi connectivity index (χ3n) is 2.84. The molecule has 7 heteroatoms. The van der Waals surface area contributed by atoms with Crippen molar-refractivity contribution in [3.8, 4) is 6.01 Å². The Hall–Kier alpha value is -2.41. The summed E-state index contributed by atoms with van der Waals surface area (Å²) in [5.41, 5.74) is 0.927. The first-order valence-electron chi connectivity index (χ1n) is 6.56. The van der Waals surface area contributed by atoms with Crippen molar-refractivity contribution in [2.24, 2.45) is 0 Å². The summed E-state index contributed by atoms with van der Waals surface area (Å²) in [7, 11) is 1.53. The molecule has 2 heterocycles. The van der Waals surface area contributed by atoms with E-state index in [-0.39, 0.29) is 6.01 Å². The Morgan fingerprint density at radius 3 is 2.81 bits per heavy atom. The van der Waals surface area contributed by atoms with Gasteiger partial charge in [-0.3, -0.25) is 0 Å². The van der Waals surface area contributed by atoms with E-state index < -0.39 is 0 Å². The average Bonchev–Trinajstić information content (AvgIpc) is 2.95. The van der Waals surface area contributed by atoms with Gasteiger partial charge in [0.05, 0.1) is 7.11 Å². The first-order chi connectivity index (χ1) is 10.3. The zero-order valence-corrected chi connectivity index (χ0v) is 12.6. The Kier molecular flexibility index (Phi) is 3.83. The molecular weight excluding hydrogens is 286 g/mol. The lowest BCUT2D eigenvalue weighted by Gasteiger charge is -2.08. The van der Waals surface area contributed by atoms with Gasteiger partial charge in [-0.25, -0.2) is 0 Å². The minimum absolute atomic E-state index is 0.278. The van der Waals surface area contributed by atoms with E-state index in [4.69, 9.17) is 4.74 Å². The van der Waals surface area contributed by atoms with E-state index in [1.807, 2.05) is 13.0 Å². The molecule has 21 heavy (non-hydrogen) atoms. The number of hydrogen-bond donors (Lipinski definition) is 2. The molecule has 0 saturated heterocycles. The monoisotopic (exact) mass is 301 g/mol. The van der Waals surface area contributed by atoms with Crippen LogP contribution in [0.1, 0.15) is 6.92 Å². The van der Waals surface area contributed by atoms with E-state index in [0.717, 1.165) is 12.2 Å². The topological polar surface area (TPSA) is 72.0 Å². The number of nitrogens with zero attached hydrogens (tertiary/aromatic N) is 3. The van der Waals surface area contributed by atoms with Crippen LogP contribution in [0.15, 0.2) is 29.6 Å². The van der Waals surface area contributed by atoms with Crippen LogP contribution in [0.5, 0.6) is 6.01 Å². The van der Waals surface area contributed by atoms with Gasteiger partial charge in [-0.05, 0) is 42.0 Å². The summed E-state index contributed by atoms with van der Waals surface area (Å²) >= 11 is 1.72. The summed E-state index contributed by atoms with van der Waals surface area (Å²) < 4.78 is 6.35. The van der Waals surface area contributed by atoms with Crippen molar-refractivity contribution < 1.29 is 4.74 Å². The summed E-state index contributed by atoms with van der Waals surface area (Å²) in [6.07, 6.45) is 0. The van der Waals surface area contributed by atoms with Crippen LogP contribution in [0.25, 0.3) is 10.1 Å². The molecular formula is C14H15N5OS. The number of rotatable bonds is 5. The predicted molar refractivity (Wildman–Crippen MR) is 85.7 cm³/mol. The van der Waals surface area contributed by atoms with Gasteiger partial charge >= 0.3 is 6.01 Å². The minimum atomic E-state index is 0.278. The highest BCUT2D eigenvalue weighted by molar-refractivity contribution is 7.17. The Morgan fingerprint density at radius 2 is 2.00 bits per heavy atom. The number of benzene rings is 1.